The molecule has 10 nitrogen and oxygen atoms in total. The zero-order valence-electron chi connectivity index (χ0n) is 16.7. The number of hydrogen-bond acceptors (Lipinski definition) is 7. The second-order valence-corrected chi connectivity index (χ2v) is 8.29. The first-order chi connectivity index (χ1) is 15.3. The Morgan fingerprint density at radius 2 is 1.75 bits per heavy atom. The number of nitro groups is 1. The second-order valence-electron chi connectivity index (χ2n) is 8.29. The van der Waals surface area contributed by atoms with E-state index in [1.807, 2.05) is 12.2 Å². The summed E-state index contributed by atoms with van der Waals surface area (Å²) in [5.41, 5.74) is 0.412. The first-order valence-electron chi connectivity index (χ1n) is 10.2. The number of benzene rings is 1. The summed E-state index contributed by atoms with van der Waals surface area (Å²) in [7, 11) is 0. The maximum Gasteiger partial charge on any atom is 0.433 e. The number of fused-ring (bicyclic) bond motifs is 5. The number of phenols is 1. The first kappa shape index (κ1) is 20.0. The number of phenolic OH excluding ortho intramolecular Hbond substituents is 1. The molecule has 2 heterocycles. The Balaban J connectivity index is 1.44. The van der Waals surface area contributed by atoms with Gasteiger partial charge in [-0.2, -0.15) is 0 Å². The zero-order valence-corrected chi connectivity index (χ0v) is 16.7. The van der Waals surface area contributed by atoms with Gasteiger partial charge >= 0.3 is 5.88 Å². The van der Waals surface area contributed by atoms with Gasteiger partial charge < -0.3 is 14.8 Å². The van der Waals surface area contributed by atoms with Crippen molar-refractivity contribution in [3.05, 3.63) is 64.4 Å². The number of carbonyl (C=O) groups is 3. The third-order valence-corrected chi connectivity index (χ3v) is 6.47. The van der Waals surface area contributed by atoms with Crippen LogP contribution in [0.2, 0.25) is 0 Å². The van der Waals surface area contributed by atoms with Crippen LogP contribution in [0.1, 0.15) is 24.6 Å². The quantitative estimate of drug-likeness (QED) is 0.232. The van der Waals surface area contributed by atoms with Crippen LogP contribution in [-0.4, -0.2) is 32.7 Å². The molecule has 0 radical (unpaired) electrons. The van der Waals surface area contributed by atoms with Gasteiger partial charge in [-0.15, -0.1) is 0 Å². The number of carbonyl (C=O) groups excluding carboxylic acids is 3. The Labute approximate surface area is 181 Å². The Morgan fingerprint density at radius 1 is 1.12 bits per heavy atom. The first-order valence-corrected chi connectivity index (χ1v) is 10.2. The van der Waals surface area contributed by atoms with Crippen molar-refractivity contribution < 1.29 is 28.8 Å². The number of allylic oxidation sites excluding steroid dienone is 2. The molecule has 32 heavy (non-hydrogen) atoms. The molecule has 2 aliphatic carbocycles. The van der Waals surface area contributed by atoms with Crippen molar-refractivity contribution in [3.8, 4) is 5.75 Å². The lowest BCUT2D eigenvalue weighted by Crippen LogP contribution is -2.38. The van der Waals surface area contributed by atoms with E-state index in [-0.39, 0.29) is 41.6 Å². The minimum absolute atomic E-state index is 0.000430. The lowest BCUT2D eigenvalue weighted by molar-refractivity contribution is -0.402. The molecule has 5 rings (SSSR count). The number of imide groups is 1. The number of amides is 3. The number of aromatic hydroxyl groups is 1. The summed E-state index contributed by atoms with van der Waals surface area (Å²) in [5, 5.41) is 23.1. The summed E-state index contributed by atoms with van der Waals surface area (Å²) in [6.45, 7) is 0. The lowest BCUT2D eigenvalue weighted by Gasteiger charge is -2.25. The second kappa shape index (κ2) is 7.33. The molecular formula is C22H19N3O7. The molecule has 5 atom stereocenters. The van der Waals surface area contributed by atoms with Crippen LogP contribution in [0.4, 0.5) is 11.6 Å². The molecule has 1 aliphatic heterocycles. The monoisotopic (exact) mass is 437 g/mol. The fourth-order valence-electron chi connectivity index (χ4n) is 5.10. The van der Waals surface area contributed by atoms with Gasteiger partial charge in [0, 0.05) is 5.69 Å². The molecule has 1 aromatic heterocycles. The number of likely N-dealkylation sites (tertiary alicyclic amines) is 1. The van der Waals surface area contributed by atoms with Crippen molar-refractivity contribution in [2.45, 2.75) is 18.9 Å². The van der Waals surface area contributed by atoms with Gasteiger partial charge in [0.25, 0.3) is 0 Å². The largest absolute Gasteiger partial charge is 0.508 e. The van der Waals surface area contributed by atoms with Crippen LogP contribution in [0.3, 0.4) is 0 Å². The van der Waals surface area contributed by atoms with Gasteiger partial charge in [0.15, 0.2) is 0 Å². The van der Waals surface area contributed by atoms with Crippen molar-refractivity contribution in [1.82, 2.24) is 4.90 Å². The molecule has 3 aliphatic rings. The van der Waals surface area contributed by atoms with E-state index in [0.717, 1.165) is 17.4 Å². The van der Waals surface area contributed by atoms with Gasteiger partial charge in [-0.3, -0.25) is 29.4 Å². The molecule has 2 N–H and O–H groups in total. The van der Waals surface area contributed by atoms with E-state index in [2.05, 4.69) is 5.32 Å². The van der Waals surface area contributed by atoms with Gasteiger partial charge in [0.05, 0.1) is 24.3 Å². The molecular weight excluding hydrogens is 418 g/mol. The van der Waals surface area contributed by atoms with Crippen LogP contribution in [0, 0.1) is 33.8 Å². The van der Waals surface area contributed by atoms with Crippen LogP contribution < -0.4 is 5.32 Å². The smallest absolute Gasteiger partial charge is 0.433 e. The van der Waals surface area contributed by atoms with Gasteiger partial charge in [-0.05, 0) is 48.6 Å². The summed E-state index contributed by atoms with van der Waals surface area (Å²) >= 11 is 0. The highest BCUT2D eigenvalue weighted by Gasteiger charge is 2.61. The van der Waals surface area contributed by atoms with Crippen molar-refractivity contribution in [1.29, 1.82) is 0 Å². The number of hydrogen-bond donors (Lipinski definition) is 2. The van der Waals surface area contributed by atoms with Crippen LogP contribution in [-0.2, 0) is 14.4 Å². The van der Waals surface area contributed by atoms with E-state index in [1.54, 1.807) is 0 Å². The summed E-state index contributed by atoms with van der Waals surface area (Å²) < 4.78 is 5.30. The normalized spacial score (nSPS) is 26.4. The molecule has 5 unspecified atom stereocenters. The Bertz CT molecular complexity index is 1120. The highest BCUT2D eigenvalue weighted by molar-refractivity contribution is 6.07. The minimum atomic E-state index is -1.11. The average Bonchev–Trinajstić information content (AvgIpc) is 3.53. The summed E-state index contributed by atoms with van der Waals surface area (Å²) in [5.74, 6) is -2.73. The van der Waals surface area contributed by atoms with Gasteiger partial charge in [0.1, 0.15) is 22.5 Å². The number of furan rings is 1. The maximum absolute atomic E-state index is 13.3. The molecule has 164 valence electrons. The van der Waals surface area contributed by atoms with Crippen molar-refractivity contribution in [2.24, 2.45) is 23.7 Å². The molecule has 10 heteroatoms. The van der Waals surface area contributed by atoms with Crippen LogP contribution in [0.5, 0.6) is 5.75 Å². The standard InChI is InChI=1S/C22H19N3O7/c26-14-5-3-13(4-6-14)23-17(27)10-15(16-7-8-18(32-16)25(30)31)24-21(28)19-11-1-2-12(9-11)20(19)22(24)29/h1-8,11-12,15,19-20,26H,9-10H2,(H,23,27). The van der Waals surface area contributed by atoms with Crippen molar-refractivity contribution in [3.63, 3.8) is 0 Å². The molecule has 1 saturated carbocycles. The molecule has 1 saturated heterocycles. The highest BCUT2D eigenvalue weighted by Crippen LogP contribution is 2.54. The molecule has 1 aromatic carbocycles. The van der Waals surface area contributed by atoms with Crippen LogP contribution in [0.15, 0.2) is 53.0 Å². The maximum atomic E-state index is 13.3. The van der Waals surface area contributed by atoms with E-state index in [4.69, 9.17) is 4.42 Å². The predicted octanol–water partition coefficient (Wildman–Crippen LogP) is 2.77. The SMILES string of the molecule is O=C(CC(c1ccc([N+](=O)[O-])o1)N1C(=O)C2C3C=CC(C3)C2C1=O)Nc1ccc(O)cc1. The number of nitrogens with zero attached hydrogens (tertiary/aromatic N) is 2. The average molecular weight is 437 g/mol. The van der Waals surface area contributed by atoms with E-state index >= 15 is 0 Å². The van der Waals surface area contributed by atoms with E-state index in [1.165, 1.54) is 30.3 Å². The topological polar surface area (TPSA) is 143 Å². The fraction of sp³-hybridized carbons (Fsp3) is 0.318. The van der Waals surface area contributed by atoms with Gasteiger partial charge in [-0.25, -0.2) is 0 Å². The third kappa shape index (κ3) is 3.15. The Morgan fingerprint density at radius 3 is 2.31 bits per heavy atom. The van der Waals surface area contributed by atoms with Crippen molar-refractivity contribution >= 4 is 29.3 Å². The molecule has 2 aromatic rings. The number of nitrogens with one attached hydrogen (secondary N) is 1. The Hall–Kier alpha value is -3.95. The molecule has 2 bridgehead atoms. The lowest BCUT2D eigenvalue weighted by atomic mass is 9.85. The fourth-order valence-corrected chi connectivity index (χ4v) is 5.10. The van der Waals surface area contributed by atoms with E-state index in [9.17, 15) is 29.6 Å². The third-order valence-electron chi connectivity index (χ3n) is 6.47. The summed E-state index contributed by atoms with van der Waals surface area (Å²) in [6, 6.07) is 7.15. The number of anilines is 1. The summed E-state index contributed by atoms with van der Waals surface area (Å²) in [4.78, 5) is 50.7. The van der Waals surface area contributed by atoms with E-state index < -0.39 is 34.6 Å². The summed E-state index contributed by atoms with van der Waals surface area (Å²) in [6.07, 6.45) is 4.36. The molecule has 2 fully saturated rings. The van der Waals surface area contributed by atoms with Gasteiger partial charge in [0.2, 0.25) is 17.7 Å². The minimum Gasteiger partial charge on any atom is -0.508 e. The van der Waals surface area contributed by atoms with Crippen LogP contribution >= 0.6 is 0 Å². The van der Waals surface area contributed by atoms with Crippen LogP contribution in [0.25, 0.3) is 0 Å². The van der Waals surface area contributed by atoms with Crippen molar-refractivity contribution in [2.75, 3.05) is 5.32 Å². The number of rotatable bonds is 6. The zero-order chi connectivity index (χ0) is 22.6. The molecule has 3 amide bonds. The molecule has 0 spiro atoms. The predicted molar refractivity (Wildman–Crippen MR) is 109 cm³/mol. The van der Waals surface area contributed by atoms with E-state index in [0.29, 0.717) is 5.69 Å². The Kier molecular flexibility index (Phi) is 4.58. The highest BCUT2D eigenvalue weighted by atomic mass is 16.6. The van der Waals surface area contributed by atoms with Gasteiger partial charge in [-0.1, -0.05) is 12.2 Å².